The van der Waals surface area contributed by atoms with Crippen LogP contribution in [-0.4, -0.2) is 42.3 Å². The molecule has 0 unspecified atom stereocenters. The molecule has 1 aromatic heterocycles. The third-order valence-electron chi connectivity index (χ3n) is 5.58. The average Bonchev–Trinajstić information content (AvgIpc) is 2.63. The van der Waals surface area contributed by atoms with E-state index in [1.54, 1.807) is 13.0 Å². The number of hydrogen-bond acceptors (Lipinski definition) is 2. The smallest absolute Gasteiger partial charge is 0.417 e. The van der Waals surface area contributed by atoms with E-state index in [-0.39, 0.29) is 10.9 Å². The van der Waals surface area contributed by atoms with E-state index in [4.69, 9.17) is 4.74 Å². The van der Waals surface area contributed by atoms with Crippen molar-refractivity contribution in [3.63, 3.8) is 0 Å². The van der Waals surface area contributed by atoms with E-state index in [1.165, 1.54) is 6.07 Å². The predicted molar refractivity (Wildman–Crippen MR) is 101 cm³/mol. The van der Waals surface area contributed by atoms with E-state index in [2.05, 4.69) is 25.8 Å². The SMILES string of the molecule is CC[N+](CC)(CC)CCCOc1ccc2c(C(F)(F)F)cc(=O)[nH]c2c1C. The minimum Gasteiger partial charge on any atom is -0.493 e. The molecule has 2 rings (SSSR count). The molecule has 0 aliphatic heterocycles. The maximum absolute atomic E-state index is 13.2. The van der Waals surface area contributed by atoms with Crippen molar-refractivity contribution < 1.29 is 22.4 Å². The summed E-state index contributed by atoms with van der Waals surface area (Å²) in [6.07, 6.45) is -3.73. The maximum atomic E-state index is 13.2. The Morgan fingerprint density at radius 3 is 2.30 bits per heavy atom. The third-order valence-corrected chi connectivity index (χ3v) is 5.58. The zero-order chi connectivity index (χ0) is 20.2. The van der Waals surface area contributed by atoms with Gasteiger partial charge in [0.2, 0.25) is 5.56 Å². The highest BCUT2D eigenvalue weighted by atomic mass is 19.4. The van der Waals surface area contributed by atoms with Crippen LogP contribution in [0.1, 0.15) is 38.3 Å². The number of hydrogen-bond donors (Lipinski definition) is 1. The highest BCUT2D eigenvalue weighted by Crippen LogP contribution is 2.36. The molecule has 1 N–H and O–H groups in total. The lowest BCUT2D eigenvalue weighted by Gasteiger charge is -2.35. The number of nitrogens with one attached hydrogen (secondary N) is 1. The fourth-order valence-corrected chi connectivity index (χ4v) is 3.56. The molecule has 0 aliphatic rings. The quantitative estimate of drug-likeness (QED) is 0.537. The number of pyridine rings is 1. The van der Waals surface area contributed by atoms with Gasteiger partial charge in [0.15, 0.2) is 0 Å². The second-order valence-corrected chi connectivity index (χ2v) is 6.87. The van der Waals surface area contributed by atoms with E-state index in [1.807, 2.05) is 0 Å². The summed E-state index contributed by atoms with van der Waals surface area (Å²) in [6.45, 7) is 12.8. The van der Waals surface area contributed by atoms with Crippen molar-refractivity contribution in [1.29, 1.82) is 0 Å². The summed E-state index contributed by atoms with van der Waals surface area (Å²) in [5, 5.41) is -0.0226. The zero-order valence-electron chi connectivity index (χ0n) is 16.4. The van der Waals surface area contributed by atoms with Crippen LogP contribution in [0, 0.1) is 6.92 Å². The van der Waals surface area contributed by atoms with E-state index in [9.17, 15) is 18.0 Å². The number of alkyl halides is 3. The number of benzene rings is 1. The van der Waals surface area contributed by atoms with Crippen molar-refractivity contribution in [3.05, 3.63) is 39.7 Å². The van der Waals surface area contributed by atoms with Crippen LogP contribution in [0.3, 0.4) is 0 Å². The Morgan fingerprint density at radius 2 is 1.74 bits per heavy atom. The Labute approximate surface area is 157 Å². The highest BCUT2D eigenvalue weighted by Gasteiger charge is 2.33. The molecule has 2 aromatic rings. The van der Waals surface area contributed by atoms with Crippen molar-refractivity contribution >= 4 is 10.9 Å². The Bertz CT molecular complexity index is 831. The van der Waals surface area contributed by atoms with Crippen LogP contribution in [0.25, 0.3) is 10.9 Å². The number of H-pyrrole nitrogens is 1. The highest BCUT2D eigenvalue weighted by molar-refractivity contribution is 5.87. The van der Waals surface area contributed by atoms with Crippen LogP contribution in [0.2, 0.25) is 0 Å². The molecular formula is C20H28F3N2O2+. The second-order valence-electron chi connectivity index (χ2n) is 6.87. The number of rotatable bonds is 8. The number of aromatic nitrogens is 1. The van der Waals surface area contributed by atoms with Gasteiger partial charge >= 0.3 is 6.18 Å². The van der Waals surface area contributed by atoms with Gasteiger partial charge in [0.05, 0.1) is 43.9 Å². The fraction of sp³-hybridized carbons (Fsp3) is 0.550. The van der Waals surface area contributed by atoms with Gasteiger partial charge in [0.1, 0.15) is 5.75 Å². The molecule has 0 spiro atoms. The van der Waals surface area contributed by atoms with Gasteiger partial charge in [0.25, 0.3) is 0 Å². The van der Waals surface area contributed by atoms with Crippen LogP contribution in [0.4, 0.5) is 13.2 Å². The number of fused-ring (bicyclic) bond motifs is 1. The number of aryl methyl sites for hydroxylation is 1. The Morgan fingerprint density at radius 1 is 1.11 bits per heavy atom. The predicted octanol–water partition coefficient (Wildman–Crippen LogP) is 4.50. The summed E-state index contributed by atoms with van der Waals surface area (Å²) in [7, 11) is 0. The van der Waals surface area contributed by atoms with Crippen LogP contribution in [0.5, 0.6) is 5.75 Å². The molecule has 0 aliphatic carbocycles. The van der Waals surface area contributed by atoms with Crippen LogP contribution in [-0.2, 0) is 6.18 Å². The van der Waals surface area contributed by atoms with Crippen LogP contribution < -0.4 is 10.3 Å². The lowest BCUT2D eigenvalue weighted by atomic mass is 10.0. The first-order valence-corrected chi connectivity index (χ1v) is 9.39. The molecule has 27 heavy (non-hydrogen) atoms. The van der Waals surface area contributed by atoms with E-state index in [0.29, 0.717) is 24.0 Å². The summed E-state index contributed by atoms with van der Waals surface area (Å²) in [4.78, 5) is 14.2. The maximum Gasteiger partial charge on any atom is 0.417 e. The number of quaternary nitrogens is 1. The molecule has 0 radical (unpaired) electrons. The molecule has 1 aromatic carbocycles. The lowest BCUT2D eigenvalue weighted by Crippen LogP contribution is -2.48. The van der Waals surface area contributed by atoms with Crippen molar-refractivity contribution in [1.82, 2.24) is 4.98 Å². The van der Waals surface area contributed by atoms with Crippen molar-refractivity contribution in [2.24, 2.45) is 0 Å². The largest absolute Gasteiger partial charge is 0.493 e. The van der Waals surface area contributed by atoms with Crippen LogP contribution >= 0.6 is 0 Å². The summed E-state index contributed by atoms with van der Waals surface area (Å²) < 4.78 is 46.5. The number of nitrogens with zero attached hydrogens (tertiary/aromatic N) is 1. The molecular weight excluding hydrogens is 357 g/mol. The third kappa shape index (κ3) is 4.64. The van der Waals surface area contributed by atoms with E-state index < -0.39 is 17.3 Å². The molecule has 0 fully saturated rings. The fourth-order valence-electron chi connectivity index (χ4n) is 3.56. The van der Waals surface area contributed by atoms with Gasteiger partial charge in [-0.05, 0) is 39.8 Å². The molecule has 0 saturated carbocycles. The molecule has 0 amide bonds. The van der Waals surface area contributed by atoms with Crippen LogP contribution in [0.15, 0.2) is 23.0 Å². The molecule has 0 saturated heterocycles. The van der Waals surface area contributed by atoms with Gasteiger partial charge in [-0.1, -0.05) is 0 Å². The summed E-state index contributed by atoms with van der Waals surface area (Å²) in [5.41, 5.74) is -1.01. The molecule has 7 heteroatoms. The molecule has 0 bridgehead atoms. The first-order chi connectivity index (χ1) is 12.7. The first-order valence-electron chi connectivity index (χ1n) is 9.39. The molecule has 1 heterocycles. The van der Waals surface area contributed by atoms with E-state index >= 15 is 0 Å². The zero-order valence-corrected chi connectivity index (χ0v) is 16.4. The van der Waals surface area contributed by atoms with Crippen molar-refractivity contribution in [2.75, 3.05) is 32.8 Å². The minimum absolute atomic E-state index is 0.0226. The van der Waals surface area contributed by atoms with Gasteiger partial charge < -0.3 is 14.2 Å². The first kappa shape index (κ1) is 21.3. The van der Waals surface area contributed by atoms with Gasteiger partial charge in [-0.2, -0.15) is 13.2 Å². The molecule has 4 nitrogen and oxygen atoms in total. The second kappa shape index (κ2) is 8.33. The lowest BCUT2D eigenvalue weighted by molar-refractivity contribution is -0.923. The summed E-state index contributed by atoms with van der Waals surface area (Å²) in [6, 6.07) is 3.51. The van der Waals surface area contributed by atoms with Crippen molar-refractivity contribution in [3.8, 4) is 5.75 Å². The Hall–Kier alpha value is -2.02. The Balaban J connectivity index is 2.21. The van der Waals surface area contributed by atoms with Gasteiger partial charge in [-0.15, -0.1) is 0 Å². The standard InChI is InChI=1S/C20H27F3N2O2/c1-5-25(6-2,7-3)11-8-12-27-17-10-9-15-16(20(21,22)23)13-18(26)24-19(15)14(17)4/h9-10,13H,5-8,11-12H2,1-4H3/p+1. The van der Waals surface area contributed by atoms with Gasteiger partial charge in [-0.3, -0.25) is 4.79 Å². The number of ether oxygens (including phenoxy) is 1. The normalized spacial score (nSPS) is 12.6. The Kier molecular flexibility index (Phi) is 6.57. The minimum atomic E-state index is -4.58. The van der Waals surface area contributed by atoms with Gasteiger partial charge in [-0.25, -0.2) is 0 Å². The monoisotopic (exact) mass is 385 g/mol. The summed E-state index contributed by atoms with van der Waals surface area (Å²) >= 11 is 0. The van der Waals surface area contributed by atoms with Crippen molar-refractivity contribution in [2.45, 2.75) is 40.3 Å². The van der Waals surface area contributed by atoms with Gasteiger partial charge in [0, 0.05) is 23.4 Å². The summed E-state index contributed by atoms with van der Waals surface area (Å²) in [5.74, 6) is 0.500. The average molecular weight is 385 g/mol. The topological polar surface area (TPSA) is 42.1 Å². The molecule has 150 valence electrons. The number of aromatic amines is 1. The number of halogens is 3. The molecule has 0 atom stereocenters. The van der Waals surface area contributed by atoms with E-state index in [0.717, 1.165) is 37.1 Å².